The molecular formula is C15H21NO2. The molecule has 0 aromatic heterocycles. The highest BCUT2D eigenvalue weighted by molar-refractivity contribution is 5.89. The molecular weight excluding hydrogens is 226 g/mol. The molecule has 0 heterocycles. The number of hydrogen-bond donors (Lipinski definition) is 1. The van der Waals surface area contributed by atoms with Crippen LogP contribution in [0.2, 0.25) is 0 Å². The quantitative estimate of drug-likeness (QED) is 0.786. The summed E-state index contributed by atoms with van der Waals surface area (Å²) in [6.45, 7) is 1.18. The predicted octanol–water partition coefficient (Wildman–Crippen LogP) is 2.53. The van der Waals surface area contributed by atoms with E-state index in [9.17, 15) is 4.79 Å². The van der Waals surface area contributed by atoms with Crippen LogP contribution in [0.25, 0.3) is 0 Å². The molecule has 0 amide bonds. The van der Waals surface area contributed by atoms with Gasteiger partial charge in [0.15, 0.2) is 0 Å². The van der Waals surface area contributed by atoms with Gasteiger partial charge in [-0.2, -0.15) is 0 Å². The number of carbonyl (C=O) groups is 1. The monoisotopic (exact) mass is 247 g/mol. The van der Waals surface area contributed by atoms with Gasteiger partial charge in [-0.05, 0) is 43.0 Å². The maximum absolute atomic E-state index is 11.8. The largest absolute Gasteiger partial charge is 0.462 e. The topological polar surface area (TPSA) is 52.3 Å². The first-order valence-corrected chi connectivity index (χ1v) is 6.75. The molecule has 3 heteroatoms. The Balaban J connectivity index is 1.76. The lowest BCUT2D eigenvalue weighted by Gasteiger charge is -2.24. The summed E-state index contributed by atoms with van der Waals surface area (Å²) < 4.78 is 5.27. The van der Waals surface area contributed by atoms with Crippen LogP contribution in [-0.4, -0.2) is 19.1 Å². The van der Waals surface area contributed by atoms with E-state index in [0.29, 0.717) is 18.7 Å². The van der Waals surface area contributed by atoms with Gasteiger partial charge < -0.3 is 10.5 Å². The maximum Gasteiger partial charge on any atom is 0.338 e. The van der Waals surface area contributed by atoms with Crippen LogP contribution < -0.4 is 5.73 Å². The smallest absolute Gasteiger partial charge is 0.338 e. The molecule has 1 aliphatic carbocycles. The van der Waals surface area contributed by atoms with Gasteiger partial charge in [-0.25, -0.2) is 4.79 Å². The van der Waals surface area contributed by atoms with Crippen LogP contribution >= 0.6 is 0 Å². The fourth-order valence-electron chi connectivity index (χ4n) is 2.16. The highest BCUT2D eigenvalue weighted by Gasteiger charge is 2.17. The van der Waals surface area contributed by atoms with E-state index in [0.717, 1.165) is 24.3 Å². The highest BCUT2D eigenvalue weighted by Crippen LogP contribution is 2.29. The zero-order valence-corrected chi connectivity index (χ0v) is 10.7. The average Bonchev–Trinajstić information content (AvgIpc) is 2.33. The second kappa shape index (κ2) is 6.55. The molecule has 1 aromatic carbocycles. The molecule has 1 aromatic rings. The minimum Gasteiger partial charge on any atom is -0.462 e. The van der Waals surface area contributed by atoms with Gasteiger partial charge in [0.1, 0.15) is 0 Å². The van der Waals surface area contributed by atoms with Gasteiger partial charge in [0.05, 0.1) is 12.2 Å². The van der Waals surface area contributed by atoms with Crippen molar-refractivity contribution >= 4 is 5.97 Å². The maximum atomic E-state index is 11.8. The van der Waals surface area contributed by atoms with Crippen molar-refractivity contribution in [3.05, 3.63) is 35.4 Å². The minimum atomic E-state index is -0.214. The van der Waals surface area contributed by atoms with Crippen molar-refractivity contribution in [2.45, 2.75) is 32.1 Å². The van der Waals surface area contributed by atoms with Crippen molar-refractivity contribution < 1.29 is 9.53 Å². The van der Waals surface area contributed by atoms with E-state index >= 15 is 0 Å². The zero-order chi connectivity index (χ0) is 12.8. The fraction of sp³-hybridized carbons (Fsp3) is 0.533. The average molecular weight is 247 g/mol. The Morgan fingerprint density at radius 2 is 2.00 bits per heavy atom. The van der Waals surface area contributed by atoms with E-state index in [2.05, 4.69) is 0 Å². The summed E-state index contributed by atoms with van der Waals surface area (Å²) in [5.74, 6) is 0.568. The Bertz CT molecular complexity index is 382. The van der Waals surface area contributed by atoms with E-state index in [1.54, 1.807) is 0 Å². The zero-order valence-electron chi connectivity index (χ0n) is 10.7. The Labute approximate surface area is 108 Å². The van der Waals surface area contributed by atoms with Crippen molar-refractivity contribution in [1.29, 1.82) is 0 Å². The summed E-state index contributed by atoms with van der Waals surface area (Å²) in [4.78, 5) is 11.8. The second-order valence-corrected chi connectivity index (χ2v) is 4.96. The molecule has 2 N–H and O–H groups in total. The Hall–Kier alpha value is -1.35. The normalized spacial score (nSPS) is 15.2. The van der Waals surface area contributed by atoms with Crippen LogP contribution in [0.4, 0.5) is 0 Å². The number of nitrogens with two attached hydrogens (primary N) is 1. The first-order chi connectivity index (χ1) is 8.79. The molecule has 98 valence electrons. The van der Waals surface area contributed by atoms with Crippen molar-refractivity contribution in [1.82, 2.24) is 0 Å². The molecule has 1 aliphatic rings. The first kappa shape index (κ1) is 13.1. The lowest BCUT2D eigenvalue weighted by molar-refractivity contribution is 0.0464. The molecule has 0 unspecified atom stereocenters. The van der Waals surface area contributed by atoms with Gasteiger partial charge in [-0.3, -0.25) is 0 Å². The Kier molecular flexibility index (Phi) is 4.76. The standard InChI is InChI=1S/C15H21NO2/c16-10-8-13-4-6-14(7-5-13)15(17)18-11-9-12-2-1-3-12/h4-7,12H,1-3,8-11,16H2. The lowest BCUT2D eigenvalue weighted by Crippen LogP contribution is -2.15. The molecule has 0 spiro atoms. The van der Waals surface area contributed by atoms with Crippen molar-refractivity contribution in [2.24, 2.45) is 11.7 Å². The van der Waals surface area contributed by atoms with E-state index in [-0.39, 0.29) is 5.97 Å². The summed E-state index contributed by atoms with van der Waals surface area (Å²) in [5, 5.41) is 0. The van der Waals surface area contributed by atoms with Gasteiger partial charge in [0, 0.05) is 0 Å². The van der Waals surface area contributed by atoms with Crippen LogP contribution in [0.1, 0.15) is 41.6 Å². The molecule has 3 nitrogen and oxygen atoms in total. The Morgan fingerprint density at radius 3 is 2.56 bits per heavy atom. The number of carbonyl (C=O) groups excluding carboxylic acids is 1. The van der Waals surface area contributed by atoms with E-state index in [4.69, 9.17) is 10.5 Å². The summed E-state index contributed by atoms with van der Waals surface area (Å²) >= 11 is 0. The molecule has 1 fully saturated rings. The van der Waals surface area contributed by atoms with Gasteiger partial charge in [0.2, 0.25) is 0 Å². The fourth-order valence-corrected chi connectivity index (χ4v) is 2.16. The highest BCUT2D eigenvalue weighted by atomic mass is 16.5. The molecule has 0 radical (unpaired) electrons. The number of benzene rings is 1. The lowest BCUT2D eigenvalue weighted by atomic mass is 9.83. The molecule has 0 bridgehead atoms. The third-order valence-electron chi connectivity index (χ3n) is 3.61. The van der Waals surface area contributed by atoms with E-state index in [1.165, 1.54) is 19.3 Å². The van der Waals surface area contributed by atoms with Crippen molar-refractivity contribution in [3.8, 4) is 0 Å². The van der Waals surface area contributed by atoms with Crippen molar-refractivity contribution in [2.75, 3.05) is 13.2 Å². The molecule has 1 saturated carbocycles. The third-order valence-corrected chi connectivity index (χ3v) is 3.61. The van der Waals surface area contributed by atoms with Crippen LogP contribution in [0, 0.1) is 5.92 Å². The predicted molar refractivity (Wildman–Crippen MR) is 71.4 cm³/mol. The molecule has 2 rings (SSSR count). The van der Waals surface area contributed by atoms with Gasteiger partial charge in [-0.15, -0.1) is 0 Å². The minimum absolute atomic E-state index is 0.214. The summed E-state index contributed by atoms with van der Waals surface area (Å²) in [6, 6.07) is 7.51. The van der Waals surface area contributed by atoms with E-state index in [1.807, 2.05) is 24.3 Å². The van der Waals surface area contributed by atoms with Gasteiger partial charge in [0.25, 0.3) is 0 Å². The van der Waals surface area contributed by atoms with Crippen LogP contribution in [0.15, 0.2) is 24.3 Å². The van der Waals surface area contributed by atoms with Gasteiger partial charge in [-0.1, -0.05) is 31.4 Å². The summed E-state index contributed by atoms with van der Waals surface area (Å²) in [5.41, 5.74) is 7.26. The van der Waals surface area contributed by atoms with Crippen LogP contribution in [0.3, 0.4) is 0 Å². The number of hydrogen-bond acceptors (Lipinski definition) is 3. The number of rotatable bonds is 6. The molecule has 18 heavy (non-hydrogen) atoms. The molecule has 0 saturated heterocycles. The Morgan fingerprint density at radius 1 is 1.28 bits per heavy atom. The van der Waals surface area contributed by atoms with E-state index < -0.39 is 0 Å². The molecule has 0 atom stereocenters. The number of ether oxygens (including phenoxy) is 1. The molecule has 0 aliphatic heterocycles. The third kappa shape index (κ3) is 3.57. The summed E-state index contributed by atoms with van der Waals surface area (Å²) in [7, 11) is 0. The second-order valence-electron chi connectivity index (χ2n) is 4.96. The van der Waals surface area contributed by atoms with Crippen molar-refractivity contribution in [3.63, 3.8) is 0 Å². The first-order valence-electron chi connectivity index (χ1n) is 6.75. The van der Waals surface area contributed by atoms with Gasteiger partial charge >= 0.3 is 5.97 Å². The number of esters is 1. The summed E-state index contributed by atoms with van der Waals surface area (Å²) in [6.07, 6.45) is 5.78. The SMILES string of the molecule is NCCc1ccc(C(=O)OCCC2CCC2)cc1. The van der Waals surface area contributed by atoms with Crippen LogP contribution in [0.5, 0.6) is 0 Å². The van der Waals surface area contributed by atoms with Crippen LogP contribution in [-0.2, 0) is 11.2 Å².